The molecule has 1 nitrogen and oxygen atoms in total. The molecular formula is C16H13Cl2N. The third-order valence-electron chi connectivity index (χ3n) is 3.93. The van der Waals surface area contributed by atoms with Crippen LogP contribution in [0.25, 0.3) is 21.8 Å². The second kappa shape index (κ2) is 4.16. The zero-order valence-corrected chi connectivity index (χ0v) is 11.9. The van der Waals surface area contributed by atoms with E-state index in [-0.39, 0.29) is 0 Å². The summed E-state index contributed by atoms with van der Waals surface area (Å²) in [6, 6.07) is 12.3. The Bertz CT molecular complexity index is 725. The third-order valence-corrected chi connectivity index (χ3v) is 4.40. The molecule has 4 rings (SSSR count). The highest BCUT2D eigenvalue weighted by Gasteiger charge is 2.23. The molecule has 0 amide bonds. The SMILES string of the molecule is Clc1ccc2c(c1)c1cc(Cl)ccc1n2CC1CC1. The van der Waals surface area contributed by atoms with E-state index in [1.165, 1.54) is 34.6 Å². The zero-order chi connectivity index (χ0) is 13.0. The number of rotatable bonds is 2. The molecule has 1 fully saturated rings. The predicted octanol–water partition coefficient (Wildman–Crippen LogP) is 5.51. The van der Waals surface area contributed by atoms with Crippen LogP contribution < -0.4 is 0 Å². The first kappa shape index (κ1) is 11.6. The fourth-order valence-corrected chi connectivity index (χ4v) is 3.15. The fourth-order valence-electron chi connectivity index (χ4n) is 2.80. The van der Waals surface area contributed by atoms with Crippen molar-refractivity contribution >= 4 is 45.0 Å². The first-order valence-corrected chi connectivity index (χ1v) is 7.35. The summed E-state index contributed by atoms with van der Waals surface area (Å²) in [5.74, 6) is 0.838. The van der Waals surface area contributed by atoms with Crippen molar-refractivity contribution in [3.8, 4) is 0 Å². The van der Waals surface area contributed by atoms with Crippen molar-refractivity contribution < 1.29 is 0 Å². The molecule has 0 bridgehead atoms. The lowest BCUT2D eigenvalue weighted by Gasteiger charge is -2.06. The van der Waals surface area contributed by atoms with Crippen LogP contribution in [0.2, 0.25) is 10.0 Å². The fraction of sp³-hybridized carbons (Fsp3) is 0.250. The molecule has 0 radical (unpaired) electrons. The van der Waals surface area contributed by atoms with E-state index in [0.29, 0.717) is 0 Å². The molecule has 1 heterocycles. The molecule has 3 aromatic rings. The molecule has 0 aliphatic heterocycles. The molecule has 0 unspecified atom stereocenters. The van der Waals surface area contributed by atoms with E-state index in [1.54, 1.807) is 0 Å². The van der Waals surface area contributed by atoms with E-state index in [9.17, 15) is 0 Å². The van der Waals surface area contributed by atoms with Gasteiger partial charge in [0.05, 0.1) is 0 Å². The summed E-state index contributed by atoms with van der Waals surface area (Å²) in [4.78, 5) is 0. The average molecular weight is 290 g/mol. The molecule has 0 spiro atoms. The van der Waals surface area contributed by atoms with Crippen LogP contribution in [0.5, 0.6) is 0 Å². The number of nitrogens with zero attached hydrogens (tertiary/aromatic N) is 1. The second-order valence-corrected chi connectivity index (χ2v) is 6.25. The van der Waals surface area contributed by atoms with E-state index in [2.05, 4.69) is 16.7 Å². The van der Waals surface area contributed by atoms with Crippen molar-refractivity contribution in [3.05, 3.63) is 46.4 Å². The normalized spacial score (nSPS) is 15.5. The molecule has 0 atom stereocenters. The number of hydrogen-bond acceptors (Lipinski definition) is 0. The highest BCUT2D eigenvalue weighted by atomic mass is 35.5. The summed E-state index contributed by atoms with van der Waals surface area (Å²) in [5, 5.41) is 3.95. The quantitative estimate of drug-likeness (QED) is 0.586. The Morgan fingerprint density at radius 2 is 1.42 bits per heavy atom. The summed E-state index contributed by atoms with van der Waals surface area (Å²) in [6.45, 7) is 1.10. The number of hydrogen-bond donors (Lipinski definition) is 0. The van der Waals surface area contributed by atoms with Crippen LogP contribution in [0.1, 0.15) is 12.8 Å². The maximum absolute atomic E-state index is 6.14. The Kier molecular flexibility index (Phi) is 2.54. The molecular weight excluding hydrogens is 277 g/mol. The van der Waals surface area contributed by atoms with Gasteiger partial charge in [-0.25, -0.2) is 0 Å². The Morgan fingerprint density at radius 3 is 1.89 bits per heavy atom. The predicted molar refractivity (Wildman–Crippen MR) is 82.2 cm³/mol. The highest BCUT2D eigenvalue weighted by Crippen LogP contribution is 2.37. The number of aromatic nitrogens is 1. The van der Waals surface area contributed by atoms with Crippen LogP contribution in [-0.2, 0) is 6.54 Å². The van der Waals surface area contributed by atoms with Gasteiger partial charge in [-0.05, 0) is 55.2 Å². The van der Waals surface area contributed by atoms with Gasteiger partial charge in [0, 0.05) is 38.4 Å². The molecule has 3 heteroatoms. The molecule has 1 aliphatic rings. The van der Waals surface area contributed by atoms with Crippen molar-refractivity contribution in [2.75, 3.05) is 0 Å². The molecule has 1 saturated carbocycles. The second-order valence-electron chi connectivity index (χ2n) is 5.38. The van der Waals surface area contributed by atoms with Crippen molar-refractivity contribution in [3.63, 3.8) is 0 Å². The minimum Gasteiger partial charge on any atom is -0.340 e. The van der Waals surface area contributed by atoms with Gasteiger partial charge in [0.2, 0.25) is 0 Å². The topological polar surface area (TPSA) is 4.93 Å². The molecule has 19 heavy (non-hydrogen) atoms. The summed E-state index contributed by atoms with van der Waals surface area (Å²) in [6.07, 6.45) is 2.70. The van der Waals surface area contributed by atoms with Gasteiger partial charge < -0.3 is 4.57 Å². The molecule has 1 aromatic heterocycles. The van der Waals surface area contributed by atoms with Crippen LogP contribution in [0.4, 0.5) is 0 Å². The molecule has 0 N–H and O–H groups in total. The smallest absolute Gasteiger partial charge is 0.0492 e. The van der Waals surface area contributed by atoms with Crippen molar-refractivity contribution in [1.29, 1.82) is 0 Å². The molecule has 2 aromatic carbocycles. The maximum atomic E-state index is 6.14. The van der Waals surface area contributed by atoms with Gasteiger partial charge in [-0.2, -0.15) is 0 Å². The first-order valence-electron chi connectivity index (χ1n) is 6.59. The van der Waals surface area contributed by atoms with Crippen LogP contribution in [0.15, 0.2) is 36.4 Å². The van der Waals surface area contributed by atoms with Crippen molar-refractivity contribution in [2.45, 2.75) is 19.4 Å². The first-order chi connectivity index (χ1) is 9.22. The summed E-state index contributed by atoms with van der Waals surface area (Å²) in [7, 11) is 0. The van der Waals surface area contributed by atoms with Crippen molar-refractivity contribution in [1.82, 2.24) is 4.57 Å². The van der Waals surface area contributed by atoms with Crippen LogP contribution in [-0.4, -0.2) is 4.57 Å². The number of halogens is 2. The van der Waals surface area contributed by atoms with Gasteiger partial charge in [-0.1, -0.05) is 23.2 Å². The highest BCUT2D eigenvalue weighted by molar-refractivity contribution is 6.33. The largest absolute Gasteiger partial charge is 0.340 e. The van der Waals surface area contributed by atoms with Crippen LogP contribution >= 0.6 is 23.2 Å². The Labute approximate surface area is 121 Å². The standard InChI is InChI=1S/C16H13Cl2N/c17-11-3-5-15-13(7-11)14-8-12(18)4-6-16(14)19(15)9-10-1-2-10/h3-8,10H,1-2,9H2. The summed E-state index contributed by atoms with van der Waals surface area (Å²) < 4.78 is 2.41. The number of fused-ring (bicyclic) bond motifs is 3. The summed E-state index contributed by atoms with van der Waals surface area (Å²) >= 11 is 12.3. The van der Waals surface area contributed by atoms with Gasteiger partial charge in [0.1, 0.15) is 0 Å². The van der Waals surface area contributed by atoms with Gasteiger partial charge in [-0.15, -0.1) is 0 Å². The lowest BCUT2D eigenvalue weighted by Crippen LogP contribution is -1.98. The maximum Gasteiger partial charge on any atom is 0.0492 e. The number of benzene rings is 2. The van der Waals surface area contributed by atoms with Gasteiger partial charge in [-0.3, -0.25) is 0 Å². The Balaban J connectivity index is 2.09. The summed E-state index contributed by atoms with van der Waals surface area (Å²) in [5.41, 5.74) is 2.52. The van der Waals surface area contributed by atoms with E-state index in [0.717, 1.165) is 22.5 Å². The lowest BCUT2D eigenvalue weighted by molar-refractivity contribution is 0.664. The van der Waals surface area contributed by atoms with Gasteiger partial charge in [0.15, 0.2) is 0 Å². The minimum atomic E-state index is 0.776. The van der Waals surface area contributed by atoms with E-state index >= 15 is 0 Å². The average Bonchev–Trinajstić information content (AvgIpc) is 3.16. The minimum absolute atomic E-state index is 0.776. The molecule has 1 aliphatic carbocycles. The monoisotopic (exact) mass is 289 g/mol. The van der Waals surface area contributed by atoms with Crippen LogP contribution in [0, 0.1) is 5.92 Å². The van der Waals surface area contributed by atoms with Gasteiger partial charge in [0.25, 0.3) is 0 Å². The zero-order valence-electron chi connectivity index (χ0n) is 10.4. The Hall–Kier alpha value is -1.18. The van der Waals surface area contributed by atoms with E-state index in [4.69, 9.17) is 23.2 Å². The van der Waals surface area contributed by atoms with Crippen LogP contribution in [0.3, 0.4) is 0 Å². The molecule has 96 valence electrons. The van der Waals surface area contributed by atoms with Gasteiger partial charge >= 0.3 is 0 Å². The van der Waals surface area contributed by atoms with Crippen molar-refractivity contribution in [2.24, 2.45) is 5.92 Å². The molecule has 0 saturated heterocycles. The lowest BCUT2D eigenvalue weighted by atomic mass is 10.1. The van der Waals surface area contributed by atoms with E-state index in [1.807, 2.05) is 24.3 Å². The third kappa shape index (κ3) is 1.92. The van der Waals surface area contributed by atoms with E-state index < -0.39 is 0 Å². The Morgan fingerprint density at radius 1 is 0.895 bits per heavy atom.